The zero-order valence-electron chi connectivity index (χ0n) is 8.69. The number of hydrogen-bond donors (Lipinski definition) is 2. The summed E-state index contributed by atoms with van der Waals surface area (Å²) in [7, 11) is 0. The number of aromatic nitrogens is 1. The van der Waals surface area contributed by atoms with Crippen molar-refractivity contribution in [1.82, 2.24) is 15.8 Å². The minimum Gasteiger partial charge on any atom is -0.364 e. The van der Waals surface area contributed by atoms with Gasteiger partial charge in [0.15, 0.2) is 0 Å². The Morgan fingerprint density at radius 2 is 2.60 bits per heavy atom. The number of amides is 1. The van der Waals surface area contributed by atoms with Gasteiger partial charge in [-0.05, 0) is 12.5 Å². The van der Waals surface area contributed by atoms with Gasteiger partial charge in [-0.3, -0.25) is 4.79 Å². The Labute approximate surface area is 88.2 Å². The predicted molar refractivity (Wildman–Crippen MR) is 53.9 cm³/mol. The van der Waals surface area contributed by atoms with Gasteiger partial charge in [0, 0.05) is 12.6 Å². The largest absolute Gasteiger partial charge is 0.364 e. The summed E-state index contributed by atoms with van der Waals surface area (Å²) in [5.41, 5.74) is 0.752. The monoisotopic (exact) mass is 209 g/mol. The van der Waals surface area contributed by atoms with Gasteiger partial charge in [-0.15, -0.1) is 0 Å². The average Bonchev–Trinajstić information content (AvgIpc) is 2.84. The van der Waals surface area contributed by atoms with Gasteiger partial charge in [0.25, 0.3) is 0 Å². The lowest BCUT2D eigenvalue weighted by molar-refractivity contribution is -0.125. The van der Waals surface area contributed by atoms with Gasteiger partial charge in [-0.25, -0.2) is 0 Å². The molecule has 1 aromatic rings. The van der Waals surface area contributed by atoms with Crippen LogP contribution < -0.4 is 10.6 Å². The molecule has 2 unspecified atom stereocenters. The second-order valence-corrected chi connectivity index (χ2v) is 3.95. The molecule has 0 saturated carbocycles. The number of rotatable bonds is 3. The van der Waals surface area contributed by atoms with E-state index in [0.29, 0.717) is 12.5 Å². The second-order valence-electron chi connectivity index (χ2n) is 3.95. The fraction of sp³-hybridized carbons (Fsp3) is 0.600. The summed E-state index contributed by atoms with van der Waals surface area (Å²) in [6.07, 6.45) is 1.50. The van der Waals surface area contributed by atoms with E-state index in [1.165, 1.54) is 6.26 Å². The fourth-order valence-corrected chi connectivity index (χ4v) is 1.80. The molecule has 1 aliphatic heterocycles. The third kappa shape index (κ3) is 2.36. The first-order chi connectivity index (χ1) is 7.27. The van der Waals surface area contributed by atoms with Gasteiger partial charge >= 0.3 is 0 Å². The van der Waals surface area contributed by atoms with Crippen LogP contribution in [0.15, 0.2) is 16.9 Å². The molecule has 1 fully saturated rings. The Morgan fingerprint density at radius 1 is 1.73 bits per heavy atom. The van der Waals surface area contributed by atoms with Crippen molar-refractivity contribution in [3.05, 3.63) is 18.0 Å². The van der Waals surface area contributed by atoms with Crippen LogP contribution in [0.25, 0.3) is 0 Å². The van der Waals surface area contributed by atoms with Crippen LogP contribution in [0.1, 0.15) is 12.6 Å². The van der Waals surface area contributed by atoms with Crippen LogP contribution >= 0.6 is 0 Å². The molecule has 0 spiro atoms. The van der Waals surface area contributed by atoms with Crippen molar-refractivity contribution < 1.29 is 9.32 Å². The van der Waals surface area contributed by atoms with Crippen molar-refractivity contribution in [3.8, 4) is 0 Å². The van der Waals surface area contributed by atoms with Crippen LogP contribution in [-0.2, 0) is 11.3 Å². The molecule has 82 valence electrons. The highest BCUT2D eigenvalue weighted by atomic mass is 16.5. The summed E-state index contributed by atoms with van der Waals surface area (Å²) in [4.78, 5) is 11.7. The molecule has 0 radical (unpaired) electrons. The molecule has 15 heavy (non-hydrogen) atoms. The summed E-state index contributed by atoms with van der Waals surface area (Å²) in [6, 6.07) is 1.75. The number of nitrogens with zero attached hydrogens (tertiary/aromatic N) is 1. The second kappa shape index (κ2) is 4.44. The molecule has 2 heterocycles. The highest BCUT2D eigenvalue weighted by Crippen LogP contribution is 2.15. The minimum absolute atomic E-state index is 0.0805. The van der Waals surface area contributed by atoms with Crippen LogP contribution in [0.4, 0.5) is 0 Å². The molecule has 1 aliphatic rings. The van der Waals surface area contributed by atoms with E-state index in [4.69, 9.17) is 0 Å². The van der Waals surface area contributed by atoms with E-state index in [-0.39, 0.29) is 11.8 Å². The normalized spacial score (nSPS) is 25.4. The Hall–Kier alpha value is -1.36. The van der Waals surface area contributed by atoms with Gasteiger partial charge in [-0.1, -0.05) is 12.1 Å². The molecule has 1 amide bonds. The topological polar surface area (TPSA) is 67.2 Å². The van der Waals surface area contributed by atoms with Crippen LogP contribution in [0.2, 0.25) is 0 Å². The number of carbonyl (C=O) groups excluding carboxylic acids is 1. The summed E-state index contributed by atoms with van der Waals surface area (Å²) in [5.74, 6) is 0.578. The van der Waals surface area contributed by atoms with Crippen molar-refractivity contribution in [1.29, 1.82) is 0 Å². The average molecular weight is 209 g/mol. The molecule has 1 saturated heterocycles. The number of nitrogens with one attached hydrogen (secondary N) is 2. The summed E-state index contributed by atoms with van der Waals surface area (Å²) in [5, 5.41) is 9.79. The van der Waals surface area contributed by atoms with E-state index >= 15 is 0 Å². The van der Waals surface area contributed by atoms with E-state index in [1.54, 1.807) is 6.07 Å². The van der Waals surface area contributed by atoms with Gasteiger partial charge in [0.2, 0.25) is 5.91 Å². The smallest absolute Gasteiger partial charge is 0.225 e. The zero-order chi connectivity index (χ0) is 10.7. The molecule has 2 N–H and O–H groups in total. The molecule has 0 bridgehead atoms. The van der Waals surface area contributed by atoms with Crippen molar-refractivity contribution in [2.45, 2.75) is 13.5 Å². The lowest BCUT2D eigenvalue weighted by Crippen LogP contribution is -2.33. The predicted octanol–water partition coefficient (Wildman–Crippen LogP) is 0.146. The van der Waals surface area contributed by atoms with Crippen molar-refractivity contribution in [2.75, 3.05) is 13.1 Å². The van der Waals surface area contributed by atoms with Crippen molar-refractivity contribution in [3.63, 3.8) is 0 Å². The van der Waals surface area contributed by atoms with E-state index < -0.39 is 0 Å². The summed E-state index contributed by atoms with van der Waals surface area (Å²) >= 11 is 0. The molecule has 0 aromatic carbocycles. The molecular formula is C10H15N3O2. The standard InChI is InChI=1S/C10H15N3O2/c1-7-4-11-6-9(7)10(14)12-5-8-2-3-15-13-8/h2-3,7,9,11H,4-6H2,1H3,(H,12,14). The van der Waals surface area contributed by atoms with Gasteiger partial charge in [0.05, 0.1) is 12.5 Å². The maximum absolute atomic E-state index is 11.7. The highest BCUT2D eigenvalue weighted by molar-refractivity contribution is 5.79. The highest BCUT2D eigenvalue weighted by Gasteiger charge is 2.29. The zero-order valence-corrected chi connectivity index (χ0v) is 8.69. The van der Waals surface area contributed by atoms with E-state index in [0.717, 1.165) is 18.8 Å². The van der Waals surface area contributed by atoms with Gasteiger partial charge < -0.3 is 15.2 Å². The molecule has 5 nitrogen and oxygen atoms in total. The first-order valence-electron chi connectivity index (χ1n) is 5.15. The maximum atomic E-state index is 11.7. The Balaban J connectivity index is 1.82. The molecule has 1 aromatic heterocycles. The van der Waals surface area contributed by atoms with Crippen LogP contribution in [0.3, 0.4) is 0 Å². The lowest BCUT2D eigenvalue weighted by atomic mass is 9.97. The lowest BCUT2D eigenvalue weighted by Gasteiger charge is -2.13. The Bertz CT molecular complexity index is 323. The SMILES string of the molecule is CC1CNCC1C(=O)NCc1ccon1. The first kappa shape index (κ1) is 10.2. The van der Waals surface area contributed by atoms with E-state index in [9.17, 15) is 4.79 Å². The van der Waals surface area contributed by atoms with Crippen LogP contribution in [0.5, 0.6) is 0 Å². The molecule has 0 aliphatic carbocycles. The molecule has 2 atom stereocenters. The summed E-state index contributed by atoms with van der Waals surface area (Å²) in [6.45, 7) is 4.22. The quantitative estimate of drug-likeness (QED) is 0.743. The third-order valence-corrected chi connectivity index (χ3v) is 2.79. The van der Waals surface area contributed by atoms with Gasteiger partial charge in [0.1, 0.15) is 12.0 Å². The third-order valence-electron chi connectivity index (χ3n) is 2.79. The number of carbonyl (C=O) groups is 1. The Kier molecular flexibility index (Phi) is 3.01. The Morgan fingerprint density at radius 3 is 3.20 bits per heavy atom. The molecule has 5 heteroatoms. The fourth-order valence-electron chi connectivity index (χ4n) is 1.80. The van der Waals surface area contributed by atoms with E-state index in [2.05, 4.69) is 27.2 Å². The van der Waals surface area contributed by atoms with Crippen molar-refractivity contribution >= 4 is 5.91 Å². The van der Waals surface area contributed by atoms with Crippen LogP contribution in [-0.4, -0.2) is 24.2 Å². The van der Waals surface area contributed by atoms with Crippen LogP contribution in [0, 0.1) is 11.8 Å². The minimum atomic E-state index is 0.0805. The molecular weight excluding hydrogens is 194 g/mol. The summed E-state index contributed by atoms with van der Waals surface area (Å²) < 4.78 is 4.68. The van der Waals surface area contributed by atoms with Gasteiger partial charge in [-0.2, -0.15) is 0 Å². The van der Waals surface area contributed by atoms with E-state index in [1.807, 2.05) is 0 Å². The van der Waals surface area contributed by atoms with Crippen molar-refractivity contribution in [2.24, 2.45) is 11.8 Å². The number of hydrogen-bond acceptors (Lipinski definition) is 4. The molecule has 2 rings (SSSR count). The first-order valence-corrected chi connectivity index (χ1v) is 5.15. The maximum Gasteiger partial charge on any atom is 0.225 e.